The van der Waals surface area contributed by atoms with Gasteiger partial charge in [0.15, 0.2) is 0 Å². The topological polar surface area (TPSA) is 40.7 Å². The van der Waals surface area contributed by atoms with Crippen molar-refractivity contribution in [3.63, 3.8) is 0 Å². The van der Waals surface area contributed by atoms with E-state index in [0.29, 0.717) is 12.1 Å². The molecule has 1 aromatic carbocycles. The second kappa shape index (κ2) is 4.45. The van der Waals surface area contributed by atoms with Crippen LogP contribution in [0.25, 0.3) is 11.3 Å². The molecule has 84 valence electrons. The highest BCUT2D eigenvalue weighted by Crippen LogP contribution is 2.22. The number of nitrogens with one attached hydrogen (secondary N) is 2. The van der Waals surface area contributed by atoms with Gasteiger partial charge in [-0.2, -0.15) is 5.10 Å². The number of nitrogens with zero attached hydrogens (tertiary/aromatic N) is 1. The van der Waals surface area contributed by atoms with Gasteiger partial charge in [-0.3, -0.25) is 5.10 Å². The van der Waals surface area contributed by atoms with Crippen LogP contribution < -0.4 is 5.32 Å². The summed E-state index contributed by atoms with van der Waals surface area (Å²) in [5.74, 6) is -0.192. The number of rotatable bonds is 3. The summed E-state index contributed by atoms with van der Waals surface area (Å²) in [5, 5.41) is 9.93. The first-order valence-electron chi connectivity index (χ1n) is 5.15. The lowest BCUT2D eigenvalue weighted by atomic mass is 10.1. The second-order valence-corrected chi connectivity index (χ2v) is 3.76. The molecule has 0 saturated carbocycles. The Labute approximate surface area is 93.7 Å². The maximum absolute atomic E-state index is 13.4. The first kappa shape index (κ1) is 10.8. The first-order valence-corrected chi connectivity index (χ1v) is 5.15. The Kier molecular flexibility index (Phi) is 3.01. The molecule has 0 bridgehead atoms. The summed E-state index contributed by atoms with van der Waals surface area (Å²) in [5.41, 5.74) is 3.38. The van der Waals surface area contributed by atoms with Gasteiger partial charge >= 0.3 is 0 Å². The maximum atomic E-state index is 13.4. The zero-order valence-corrected chi connectivity index (χ0v) is 9.34. The molecule has 0 fully saturated rings. The molecule has 2 rings (SSSR count). The van der Waals surface area contributed by atoms with E-state index in [1.807, 2.05) is 13.1 Å². The van der Waals surface area contributed by atoms with E-state index in [4.69, 9.17) is 0 Å². The number of aromatic amines is 1. The minimum atomic E-state index is -0.192. The lowest BCUT2D eigenvalue weighted by molar-refractivity contribution is 0.619. The summed E-state index contributed by atoms with van der Waals surface area (Å²) in [6.45, 7) is 2.46. The minimum absolute atomic E-state index is 0.192. The molecule has 0 spiro atoms. The third-order valence-electron chi connectivity index (χ3n) is 2.55. The van der Waals surface area contributed by atoms with Crippen LogP contribution in [0.4, 0.5) is 4.39 Å². The Hall–Kier alpha value is -1.68. The van der Waals surface area contributed by atoms with Gasteiger partial charge < -0.3 is 5.32 Å². The number of hydrogen-bond donors (Lipinski definition) is 2. The molecule has 0 unspecified atom stereocenters. The van der Waals surface area contributed by atoms with Gasteiger partial charge in [0.25, 0.3) is 0 Å². The van der Waals surface area contributed by atoms with E-state index < -0.39 is 0 Å². The van der Waals surface area contributed by atoms with E-state index in [9.17, 15) is 4.39 Å². The summed E-state index contributed by atoms with van der Waals surface area (Å²) in [6, 6.07) is 5.20. The Morgan fingerprint density at radius 1 is 1.44 bits per heavy atom. The van der Waals surface area contributed by atoms with Gasteiger partial charge in [0.1, 0.15) is 5.82 Å². The van der Waals surface area contributed by atoms with Gasteiger partial charge in [0.05, 0.1) is 11.9 Å². The van der Waals surface area contributed by atoms with Crippen molar-refractivity contribution in [2.45, 2.75) is 13.5 Å². The highest BCUT2D eigenvalue weighted by Gasteiger charge is 2.08. The van der Waals surface area contributed by atoms with Gasteiger partial charge in [-0.25, -0.2) is 4.39 Å². The van der Waals surface area contributed by atoms with E-state index in [0.717, 1.165) is 16.8 Å². The molecule has 0 aliphatic carbocycles. The predicted molar refractivity (Wildman–Crippen MR) is 61.5 cm³/mol. The molecule has 0 aliphatic rings. The molecule has 0 saturated heterocycles. The summed E-state index contributed by atoms with van der Waals surface area (Å²) in [7, 11) is 1.87. The highest BCUT2D eigenvalue weighted by molar-refractivity contribution is 5.63. The Bertz CT molecular complexity index is 491. The van der Waals surface area contributed by atoms with Crippen molar-refractivity contribution in [3.8, 4) is 11.3 Å². The molecule has 2 aromatic rings. The molecule has 3 nitrogen and oxygen atoms in total. The van der Waals surface area contributed by atoms with Crippen molar-refractivity contribution in [1.82, 2.24) is 15.5 Å². The molecule has 1 aromatic heterocycles. The van der Waals surface area contributed by atoms with Gasteiger partial charge in [0, 0.05) is 17.7 Å². The third-order valence-corrected chi connectivity index (χ3v) is 2.55. The minimum Gasteiger partial charge on any atom is -0.316 e. The molecule has 16 heavy (non-hydrogen) atoms. The molecule has 4 heteroatoms. The largest absolute Gasteiger partial charge is 0.316 e. The average Bonchev–Trinajstić information content (AvgIpc) is 2.71. The van der Waals surface area contributed by atoms with Crippen LogP contribution in [0.3, 0.4) is 0 Å². The van der Waals surface area contributed by atoms with Crippen molar-refractivity contribution >= 4 is 0 Å². The fourth-order valence-electron chi connectivity index (χ4n) is 1.63. The number of hydrogen-bond acceptors (Lipinski definition) is 2. The van der Waals surface area contributed by atoms with E-state index in [1.165, 1.54) is 6.07 Å². The van der Waals surface area contributed by atoms with Gasteiger partial charge in [-0.05, 0) is 25.6 Å². The summed E-state index contributed by atoms with van der Waals surface area (Å²) >= 11 is 0. The smallest absolute Gasteiger partial charge is 0.126 e. The van der Waals surface area contributed by atoms with E-state index in [1.54, 1.807) is 19.2 Å². The molecule has 2 N–H and O–H groups in total. The van der Waals surface area contributed by atoms with E-state index in [-0.39, 0.29) is 5.82 Å². The lowest BCUT2D eigenvalue weighted by Gasteiger charge is -2.04. The number of H-pyrrole nitrogens is 1. The molecule has 0 radical (unpaired) electrons. The first-order chi connectivity index (χ1) is 7.72. The molecule has 0 aliphatic heterocycles. The van der Waals surface area contributed by atoms with Crippen LogP contribution in [0.15, 0.2) is 24.4 Å². The summed E-state index contributed by atoms with van der Waals surface area (Å²) in [6.07, 6.45) is 1.75. The van der Waals surface area contributed by atoms with Crippen LogP contribution >= 0.6 is 0 Å². The SMILES string of the molecule is CNCc1cn[nH]c1-c1ccc(C)c(F)c1. The highest BCUT2D eigenvalue weighted by atomic mass is 19.1. The number of aromatic nitrogens is 2. The molecular weight excluding hydrogens is 205 g/mol. The Morgan fingerprint density at radius 3 is 2.94 bits per heavy atom. The van der Waals surface area contributed by atoms with E-state index >= 15 is 0 Å². The normalized spacial score (nSPS) is 10.7. The molecule has 0 atom stereocenters. The summed E-state index contributed by atoms with van der Waals surface area (Å²) in [4.78, 5) is 0. The van der Waals surface area contributed by atoms with Crippen LogP contribution in [0, 0.1) is 12.7 Å². The fraction of sp³-hybridized carbons (Fsp3) is 0.250. The van der Waals surface area contributed by atoms with Crippen LogP contribution in [0.2, 0.25) is 0 Å². The van der Waals surface area contributed by atoms with Crippen molar-refractivity contribution in [3.05, 3.63) is 41.3 Å². The zero-order valence-electron chi connectivity index (χ0n) is 9.34. The van der Waals surface area contributed by atoms with Gasteiger partial charge in [-0.1, -0.05) is 12.1 Å². The van der Waals surface area contributed by atoms with Crippen molar-refractivity contribution in [2.75, 3.05) is 7.05 Å². The summed E-state index contributed by atoms with van der Waals surface area (Å²) < 4.78 is 13.4. The lowest BCUT2D eigenvalue weighted by Crippen LogP contribution is -2.05. The fourth-order valence-corrected chi connectivity index (χ4v) is 1.63. The number of benzene rings is 1. The second-order valence-electron chi connectivity index (χ2n) is 3.76. The van der Waals surface area contributed by atoms with Crippen molar-refractivity contribution in [2.24, 2.45) is 0 Å². The Balaban J connectivity index is 2.42. The molecule has 0 amide bonds. The van der Waals surface area contributed by atoms with Crippen molar-refractivity contribution < 1.29 is 4.39 Å². The van der Waals surface area contributed by atoms with E-state index in [2.05, 4.69) is 15.5 Å². The quantitative estimate of drug-likeness (QED) is 0.831. The maximum Gasteiger partial charge on any atom is 0.126 e. The van der Waals surface area contributed by atoms with Crippen LogP contribution in [-0.4, -0.2) is 17.2 Å². The van der Waals surface area contributed by atoms with Crippen LogP contribution in [-0.2, 0) is 6.54 Å². The number of halogens is 1. The van der Waals surface area contributed by atoms with Gasteiger partial charge in [-0.15, -0.1) is 0 Å². The van der Waals surface area contributed by atoms with Crippen molar-refractivity contribution in [1.29, 1.82) is 0 Å². The molecule has 1 heterocycles. The zero-order chi connectivity index (χ0) is 11.5. The van der Waals surface area contributed by atoms with Crippen LogP contribution in [0.1, 0.15) is 11.1 Å². The predicted octanol–water partition coefficient (Wildman–Crippen LogP) is 2.24. The average molecular weight is 219 g/mol. The molecular formula is C12H14FN3. The monoisotopic (exact) mass is 219 g/mol. The third kappa shape index (κ3) is 1.97. The van der Waals surface area contributed by atoms with Crippen LogP contribution in [0.5, 0.6) is 0 Å². The standard InChI is InChI=1S/C12H14FN3/c1-8-3-4-9(5-11(8)13)12-10(6-14-2)7-15-16-12/h3-5,7,14H,6H2,1-2H3,(H,15,16). The Morgan fingerprint density at radius 2 is 2.25 bits per heavy atom. The number of aryl methyl sites for hydroxylation is 1. The van der Waals surface area contributed by atoms with Gasteiger partial charge in [0.2, 0.25) is 0 Å².